The Morgan fingerprint density at radius 1 is 1.08 bits per heavy atom. The molecule has 6 rings (SSSR count). The van der Waals surface area contributed by atoms with Crippen molar-refractivity contribution in [1.82, 2.24) is 5.16 Å². The molecule has 1 aromatic heterocycles. The first-order chi connectivity index (χ1) is 18.6. The third-order valence-electron chi connectivity index (χ3n) is 8.33. The Morgan fingerprint density at radius 3 is 2.44 bits per heavy atom. The smallest absolute Gasteiger partial charge is 0.141 e. The summed E-state index contributed by atoms with van der Waals surface area (Å²) in [6.45, 7) is 8.31. The summed E-state index contributed by atoms with van der Waals surface area (Å²) in [5.74, 6) is -0.491. The lowest BCUT2D eigenvalue weighted by Crippen LogP contribution is -2.42. The molecule has 1 N–H and O–H groups in total. The lowest BCUT2D eigenvalue weighted by Gasteiger charge is -2.42. The molecule has 0 spiro atoms. The SMILES string of the molecule is Cc1noc(C)c1C1=CC2C(N=C1)c1ccc(C(C)(C)O)cc1N2C(c1c(F)cccc1F)C1CCOCC1. The van der Waals surface area contributed by atoms with Crippen LogP contribution in [-0.2, 0) is 10.3 Å². The van der Waals surface area contributed by atoms with Gasteiger partial charge in [-0.2, -0.15) is 0 Å². The number of aliphatic hydroxyl groups is 1. The quantitative estimate of drug-likeness (QED) is 0.413. The van der Waals surface area contributed by atoms with Crippen LogP contribution in [0.2, 0.25) is 0 Å². The topological polar surface area (TPSA) is 71.1 Å². The monoisotopic (exact) mass is 533 g/mol. The minimum Gasteiger partial charge on any atom is -0.386 e. The molecule has 0 aliphatic carbocycles. The molecule has 3 aliphatic rings. The zero-order valence-corrected chi connectivity index (χ0v) is 22.6. The van der Waals surface area contributed by atoms with Crippen molar-refractivity contribution in [3.63, 3.8) is 0 Å². The molecule has 3 atom stereocenters. The van der Waals surface area contributed by atoms with Gasteiger partial charge >= 0.3 is 0 Å². The van der Waals surface area contributed by atoms with Crippen molar-refractivity contribution in [2.75, 3.05) is 18.1 Å². The Hall–Kier alpha value is -3.36. The normalized spacial score (nSPS) is 22.0. The van der Waals surface area contributed by atoms with Gasteiger partial charge in [0.25, 0.3) is 0 Å². The molecule has 0 radical (unpaired) electrons. The first-order valence-electron chi connectivity index (χ1n) is 13.5. The molecular formula is C31H33F2N3O3. The van der Waals surface area contributed by atoms with Crippen molar-refractivity contribution in [1.29, 1.82) is 0 Å². The van der Waals surface area contributed by atoms with Gasteiger partial charge in [-0.3, -0.25) is 4.99 Å². The number of halogens is 2. The maximum absolute atomic E-state index is 15.6. The Kier molecular flexibility index (Phi) is 6.43. The van der Waals surface area contributed by atoms with Gasteiger partial charge in [-0.25, -0.2) is 8.78 Å². The molecule has 1 fully saturated rings. The standard InChI is InChI=1S/C31H33F2N3O3/c1-17-27(18(2)39-35-17)20-14-26-29(34-16-20)22-9-8-21(31(3,4)37)15-25(22)36(26)30(19-10-12-38-13-11-19)28-23(32)6-5-7-24(28)33/h5-9,14-16,19,26,29-30,37H,10-13H2,1-4H3. The second-order valence-corrected chi connectivity index (χ2v) is 11.3. The fourth-order valence-electron chi connectivity index (χ4n) is 6.43. The number of dihydropyridines is 1. The molecule has 3 aromatic rings. The van der Waals surface area contributed by atoms with E-state index in [9.17, 15) is 5.11 Å². The van der Waals surface area contributed by atoms with Crippen LogP contribution in [0.25, 0.3) is 5.57 Å². The van der Waals surface area contributed by atoms with E-state index >= 15 is 8.78 Å². The molecule has 204 valence electrons. The highest BCUT2D eigenvalue weighted by molar-refractivity contribution is 6.12. The first kappa shape index (κ1) is 25.9. The fraction of sp³-hybridized carbons (Fsp3) is 0.419. The summed E-state index contributed by atoms with van der Waals surface area (Å²) in [5, 5.41) is 15.0. The average molecular weight is 534 g/mol. The number of fused-ring (bicyclic) bond motifs is 3. The summed E-state index contributed by atoms with van der Waals surface area (Å²) in [7, 11) is 0. The Bertz CT molecular complexity index is 1430. The molecule has 3 aliphatic heterocycles. The minimum absolute atomic E-state index is 0.0515. The maximum atomic E-state index is 15.6. The minimum atomic E-state index is -1.09. The van der Waals surface area contributed by atoms with Crippen molar-refractivity contribution in [3.05, 3.63) is 87.8 Å². The zero-order valence-electron chi connectivity index (χ0n) is 22.6. The second-order valence-electron chi connectivity index (χ2n) is 11.3. The van der Waals surface area contributed by atoms with Crippen molar-refractivity contribution >= 4 is 17.5 Å². The number of aryl methyl sites for hydroxylation is 2. The molecule has 0 saturated carbocycles. The summed E-state index contributed by atoms with van der Waals surface area (Å²) in [5.41, 5.74) is 4.00. The van der Waals surface area contributed by atoms with Gasteiger partial charge in [0.2, 0.25) is 0 Å². The van der Waals surface area contributed by atoms with E-state index in [0.29, 0.717) is 31.8 Å². The van der Waals surface area contributed by atoms with Gasteiger partial charge < -0.3 is 19.3 Å². The molecule has 0 amide bonds. The van der Waals surface area contributed by atoms with E-state index in [1.54, 1.807) is 13.8 Å². The number of hydrogen-bond acceptors (Lipinski definition) is 6. The lowest BCUT2D eigenvalue weighted by atomic mass is 9.84. The highest BCUT2D eigenvalue weighted by Gasteiger charge is 2.47. The number of aromatic nitrogens is 1. The molecule has 6 nitrogen and oxygen atoms in total. The summed E-state index contributed by atoms with van der Waals surface area (Å²) < 4.78 is 42.2. The van der Waals surface area contributed by atoms with Crippen molar-refractivity contribution < 1.29 is 23.1 Å². The summed E-state index contributed by atoms with van der Waals surface area (Å²) in [6.07, 6.45) is 5.32. The number of nitrogens with zero attached hydrogens (tertiary/aromatic N) is 3. The van der Waals surface area contributed by atoms with E-state index in [0.717, 1.165) is 33.6 Å². The molecule has 1 saturated heterocycles. The van der Waals surface area contributed by atoms with Gasteiger partial charge in [0.15, 0.2) is 0 Å². The van der Waals surface area contributed by atoms with E-state index in [2.05, 4.69) is 16.1 Å². The highest BCUT2D eigenvalue weighted by atomic mass is 19.1. The third-order valence-corrected chi connectivity index (χ3v) is 8.33. The predicted octanol–water partition coefficient (Wildman–Crippen LogP) is 6.36. The number of ether oxygens (including phenoxy) is 1. The van der Waals surface area contributed by atoms with E-state index in [4.69, 9.17) is 14.3 Å². The van der Waals surface area contributed by atoms with Crippen LogP contribution in [0.1, 0.15) is 72.5 Å². The van der Waals surface area contributed by atoms with Crippen LogP contribution >= 0.6 is 0 Å². The number of benzene rings is 2. The average Bonchev–Trinajstić information content (AvgIpc) is 3.41. The predicted molar refractivity (Wildman–Crippen MR) is 146 cm³/mol. The number of hydrogen-bond donors (Lipinski definition) is 1. The molecule has 4 heterocycles. The highest BCUT2D eigenvalue weighted by Crippen LogP contribution is 2.53. The molecule has 8 heteroatoms. The van der Waals surface area contributed by atoms with Gasteiger partial charge in [-0.15, -0.1) is 0 Å². The number of aliphatic imine (C=N–C) groups is 1. The van der Waals surface area contributed by atoms with E-state index in [1.165, 1.54) is 18.2 Å². The molecule has 0 bridgehead atoms. The molecular weight excluding hydrogens is 500 g/mol. The number of allylic oxidation sites excluding steroid dienone is 1. The summed E-state index contributed by atoms with van der Waals surface area (Å²) in [6, 6.07) is 8.75. The van der Waals surface area contributed by atoms with Crippen LogP contribution < -0.4 is 4.90 Å². The van der Waals surface area contributed by atoms with Crippen LogP contribution in [0.4, 0.5) is 14.5 Å². The van der Waals surface area contributed by atoms with Crippen LogP contribution in [0, 0.1) is 31.4 Å². The van der Waals surface area contributed by atoms with Gasteiger partial charge in [-0.05, 0) is 70.2 Å². The van der Waals surface area contributed by atoms with E-state index in [1.807, 2.05) is 38.3 Å². The largest absolute Gasteiger partial charge is 0.386 e. The van der Waals surface area contributed by atoms with Crippen LogP contribution in [0.5, 0.6) is 0 Å². The van der Waals surface area contributed by atoms with Crippen LogP contribution in [0.15, 0.2) is 52.0 Å². The summed E-state index contributed by atoms with van der Waals surface area (Å²) >= 11 is 0. The van der Waals surface area contributed by atoms with Gasteiger partial charge in [0, 0.05) is 47.4 Å². The van der Waals surface area contributed by atoms with Crippen molar-refractivity contribution in [3.8, 4) is 0 Å². The van der Waals surface area contributed by atoms with Crippen molar-refractivity contribution in [2.45, 2.75) is 64.3 Å². The molecule has 39 heavy (non-hydrogen) atoms. The Labute approximate surface area is 227 Å². The number of anilines is 1. The van der Waals surface area contributed by atoms with Crippen LogP contribution in [-0.4, -0.2) is 35.7 Å². The van der Waals surface area contributed by atoms with Gasteiger partial charge in [0.05, 0.1) is 23.4 Å². The second kappa shape index (κ2) is 9.68. The number of rotatable bonds is 5. The molecule has 3 unspecified atom stereocenters. The maximum Gasteiger partial charge on any atom is 0.141 e. The van der Waals surface area contributed by atoms with E-state index in [-0.39, 0.29) is 23.6 Å². The van der Waals surface area contributed by atoms with Gasteiger partial charge in [-0.1, -0.05) is 29.4 Å². The fourth-order valence-corrected chi connectivity index (χ4v) is 6.43. The Morgan fingerprint density at radius 2 is 1.79 bits per heavy atom. The lowest BCUT2D eigenvalue weighted by molar-refractivity contribution is 0.0559. The van der Waals surface area contributed by atoms with Crippen molar-refractivity contribution in [2.24, 2.45) is 10.9 Å². The zero-order chi connectivity index (χ0) is 27.5. The molecule has 2 aromatic carbocycles. The Balaban J connectivity index is 1.58. The van der Waals surface area contributed by atoms with Crippen LogP contribution in [0.3, 0.4) is 0 Å². The van der Waals surface area contributed by atoms with Gasteiger partial charge in [0.1, 0.15) is 23.4 Å². The van der Waals surface area contributed by atoms with E-state index < -0.39 is 23.3 Å². The first-order valence-corrected chi connectivity index (χ1v) is 13.5. The summed E-state index contributed by atoms with van der Waals surface area (Å²) in [4.78, 5) is 7.12. The third kappa shape index (κ3) is 4.39.